The lowest BCUT2D eigenvalue weighted by Gasteiger charge is -2.01. The number of nitrogens with zero attached hydrogens (tertiary/aromatic N) is 3. The molecule has 0 fully saturated rings. The molecule has 7 heteroatoms. The first kappa shape index (κ1) is 18.1. The Balaban J connectivity index is 2.03. The Hall–Kier alpha value is -4.23. The van der Waals surface area contributed by atoms with E-state index in [-0.39, 0.29) is 17.0 Å². The number of non-ortho nitro benzene ring substituents is 1. The van der Waals surface area contributed by atoms with Gasteiger partial charge in [-0.3, -0.25) is 10.1 Å². The fourth-order valence-electron chi connectivity index (χ4n) is 1.94. The van der Waals surface area contributed by atoms with Crippen molar-refractivity contribution in [1.82, 2.24) is 0 Å². The first-order valence-electron chi connectivity index (χ1n) is 7.28. The Morgan fingerprint density at radius 2 is 1.77 bits per heavy atom. The van der Waals surface area contributed by atoms with Crippen LogP contribution < -0.4 is 4.74 Å². The second-order valence-electron chi connectivity index (χ2n) is 4.96. The Morgan fingerprint density at radius 1 is 1.08 bits per heavy atom. The second kappa shape index (κ2) is 8.57. The van der Waals surface area contributed by atoms with Gasteiger partial charge in [-0.15, -0.1) is 0 Å². The number of rotatable bonds is 5. The van der Waals surface area contributed by atoms with Gasteiger partial charge in [-0.2, -0.15) is 10.5 Å². The summed E-state index contributed by atoms with van der Waals surface area (Å²) in [5.74, 6) is -0.360. The molecule has 0 aromatic heterocycles. The van der Waals surface area contributed by atoms with E-state index in [9.17, 15) is 14.9 Å². The molecule has 0 aliphatic heterocycles. The fraction of sp³-hybridized carbons (Fsp3) is 0. The third-order valence-corrected chi connectivity index (χ3v) is 3.14. The number of allylic oxidation sites excluding steroid dienone is 1. The molecule has 0 N–H and O–H groups in total. The third kappa shape index (κ3) is 5.15. The molecule has 7 nitrogen and oxygen atoms in total. The van der Waals surface area contributed by atoms with Crippen LogP contribution in [-0.4, -0.2) is 10.9 Å². The Morgan fingerprint density at radius 3 is 2.38 bits per heavy atom. The minimum Gasteiger partial charge on any atom is -0.423 e. The van der Waals surface area contributed by atoms with Gasteiger partial charge in [0.25, 0.3) is 5.69 Å². The Labute approximate surface area is 148 Å². The molecule has 0 unspecified atom stereocenters. The van der Waals surface area contributed by atoms with E-state index in [1.807, 2.05) is 0 Å². The predicted molar refractivity (Wildman–Crippen MR) is 93.4 cm³/mol. The van der Waals surface area contributed by atoms with Crippen molar-refractivity contribution in [1.29, 1.82) is 10.5 Å². The summed E-state index contributed by atoms with van der Waals surface area (Å²) in [4.78, 5) is 22.0. The van der Waals surface area contributed by atoms with Crippen LogP contribution >= 0.6 is 0 Å². The van der Waals surface area contributed by atoms with Crippen LogP contribution in [0.15, 0.2) is 60.2 Å². The molecule has 0 saturated heterocycles. The number of esters is 1. The van der Waals surface area contributed by atoms with Crippen molar-refractivity contribution in [3.63, 3.8) is 0 Å². The normalized spacial score (nSPS) is 9.77. The fourth-order valence-corrected chi connectivity index (χ4v) is 1.94. The molecule has 2 rings (SSSR count). The van der Waals surface area contributed by atoms with Crippen LogP contribution in [0.5, 0.6) is 5.75 Å². The van der Waals surface area contributed by atoms with Crippen molar-refractivity contribution in [2.24, 2.45) is 0 Å². The van der Waals surface area contributed by atoms with E-state index in [0.717, 1.165) is 6.08 Å². The van der Waals surface area contributed by atoms with E-state index >= 15 is 0 Å². The molecule has 0 radical (unpaired) electrons. The van der Waals surface area contributed by atoms with E-state index in [1.165, 1.54) is 42.5 Å². The lowest BCUT2D eigenvalue weighted by molar-refractivity contribution is -0.384. The van der Waals surface area contributed by atoms with Gasteiger partial charge in [0.15, 0.2) is 0 Å². The number of nitriles is 2. The average Bonchev–Trinajstić information content (AvgIpc) is 2.66. The molecule has 0 amide bonds. The summed E-state index contributed by atoms with van der Waals surface area (Å²) >= 11 is 0. The highest BCUT2D eigenvalue weighted by atomic mass is 16.6. The summed E-state index contributed by atoms with van der Waals surface area (Å²) in [6, 6.07) is 15.6. The van der Waals surface area contributed by atoms with E-state index in [1.54, 1.807) is 30.3 Å². The maximum Gasteiger partial charge on any atom is 0.336 e. The van der Waals surface area contributed by atoms with Gasteiger partial charge in [-0.25, -0.2) is 4.79 Å². The van der Waals surface area contributed by atoms with Crippen molar-refractivity contribution in [2.45, 2.75) is 0 Å². The summed E-state index contributed by atoms with van der Waals surface area (Å²) in [6.45, 7) is 0. The molecular weight excluding hydrogens is 334 g/mol. The topological polar surface area (TPSA) is 117 Å². The molecular formula is C19H11N3O4. The van der Waals surface area contributed by atoms with Gasteiger partial charge < -0.3 is 4.74 Å². The van der Waals surface area contributed by atoms with Gasteiger partial charge in [0.1, 0.15) is 23.5 Å². The quantitative estimate of drug-likeness (QED) is 0.204. The molecule has 0 saturated carbocycles. The highest BCUT2D eigenvalue weighted by Gasteiger charge is 2.05. The predicted octanol–water partition coefficient (Wildman–Crippen LogP) is 3.64. The van der Waals surface area contributed by atoms with Crippen LogP contribution in [0.3, 0.4) is 0 Å². The highest BCUT2D eigenvalue weighted by Crippen LogP contribution is 2.16. The van der Waals surface area contributed by atoms with Crippen LogP contribution in [0.2, 0.25) is 0 Å². The molecule has 26 heavy (non-hydrogen) atoms. The van der Waals surface area contributed by atoms with Crippen LogP contribution in [0.25, 0.3) is 12.2 Å². The average molecular weight is 345 g/mol. The number of benzene rings is 2. The minimum atomic E-state index is -0.644. The molecule has 0 bridgehead atoms. The van der Waals surface area contributed by atoms with Gasteiger partial charge in [-0.1, -0.05) is 24.3 Å². The zero-order chi connectivity index (χ0) is 18.9. The van der Waals surface area contributed by atoms with Gasteiger partial charge in [0.2, 0.25) is 0 Å². The maximum atomic E-state index is 11.8. The standard InChI is InChI=1S/C19H11N3O4/c20-12-16(13-21)10-15-4-7-18(8-5-15)26-19(23)9-6-14-2-1-3-17(11-14)22(24)25/h1-11H/b9-6+. The van der Waals surface area contributed by atoms with Crippen molar-refractivity contribution in [2.75, 3.05) is 0 Å². The highest BCUT2D eigenvalue weighted by molar-refractivity contribution is 5.88. The molecule has 0 aliphatic carbocycles. The van der Waals surface area contributed by atoms with E-state index in [0.29, 0.717) is 11.1 Å². The van der Waals surface area contributed by atoms with Crippen LogP contribution in [0.4, 0.5) is 5.69 Å². The first-order chi connectivity index (χ1) is 12.5. The number of carbonyl (C=O) groups excluding carboxylic acids is 1. The number of carbonyl (C=O) groups is 1. The SMILES string of the molecule is N#CC(C#N)=Cc1ccc(OC(=O)/C=C/c2cccc([N+](=O)[O-])c2)cc1. The summed E-state index contributed by atoms with van der Waals surface area (Å²) in [7, 11) is 0. The number of ether oxygens (including phenoxy) is 1. The zero-order valence-corrected chi connectivity index (χ0v) is 13.3. The van der Waals surface area contributed by atoms with Crippen molar-refractivity contribution in [3.05, 3.63) is 81.4 Å². The van der Waals surface area contributed by atoms with E-state index in [2.05, 4.69) is 0 Å². The molecule has 2 aromatic rings. The van der Waals surface area contributed by atoms with Crippen molar-refractivity contribution >= 4 is 23.8 Å². The van der Waals surface area contributed by atoms with E-state index < -0.39 is 10.9 Å². The molecule has 0 spiro atoms. The molecule has 0 aliphatic rings. The van der Waals surface area contributed by atoms with Crippen molar-refractivity contribution < 1.29 is 14.5 Å². The summed E-state index contributed by atoms with van der Waals surface area (Å²) < 4.78 is 5.12. The summed E-state index contributed by atoms with van der Waals surface area (Å²) in [5.41, 5.74) is 1.01. The van der Waals surface area contributed by atoms with Crippen LogP contribution in [-0.2, 0) is 4.79 Å². The van der Waals surface area contributed by atoms with Gasteiger partial charge in [0.05, 0.1) is 4.92 Å². The first-order valence-corrected chi connectivity index (χ1v) is 7.28. The lowest BCUT2D eigenvalue weighted by atomic mass is 10.1. The number of nitro groups is 1. The maximum absolute atomic E-state index is 11.8. The Kier molecular flexibility index (Phi) is 5.97. The minimum absolute atomic E-state index is 0.0327. The number of hydrogen-bond acceptors (Lipinski definition) is 6. The third-order valence-electron chi connectivity index (χ3n) is 3.14. The van der Waals surface area contributed by atoms with Crippen molar-refractivity contribution in [3.8, 4) is 17.9 Å². The second-order valence-corrected chi connectivity index (χ2v) is 4.96. The van der Waals surface area contributed by atoms with Crippen LogP contribution in [0, 0.1) is 32.8 Å². The molecule has 0 atom stereocenters. The summed E-state index contributed by atoms with van der Waals surface area (Å²) in [5, 5.41) is 28.1. The molecule has 2 aromatic carbocycles. The van der Waals surface area contributed by atoms with Gasteiger partial charge >= 0.3 is 5.97 Å². The smallest absolute Gasteiger partial charge is 0.336 e. The zero-order valence-electron chi connectivity index (χ0n) is 13.3. The lowest BCUT2D eigenvalue weighted by Crippen LogP contribution is -2.03. The molecule has 0 heterocycles. The number of hydrogen-bond donors (Lipinski definition) is 0. The van der Waals surface area contributed by atoms with Gasteiger partial charge in [-0.05, 0) is 35.4 Å². The number of nitro benzene ring substituents is 1. The monoisotopic (exact) mass is 345 g/mol. The van der Waals surface area contributed by atoms with Gasteiger partial charge in [0, 0.05) is 18.2 Å². The van der Waals surface area contributed by atoms with Crippen LogP contribution in [0.1, 0.15) is 11.1 Å². The largest absolute Gasteiger partial charge is 0.423 e. The Bertz CT molecular complexity index is 961. The van der Waals surface area contributed by atoms with E-state index in [4.69, 9.17) is 15.3 Å². The summed E-state index contributed by atoms with van der Waals surface area (Å²) in [6.07, 6.45) is 3.99. The molecule has 126 valence electrons.